The van der Waals surface area contributed by atoms with Crippen LogP contribution in [0.4, 0.5) is 0 Å². The summed E-state index contributed by atoms with van der Waals surface area (Å²) in [6.07, 6.45) is 1.95. The summed E-state index contributed by atoms with van der Waals surface area (Å²) in [6, 6.07) is 9.64. The fourth-order valence-corrected chi connectivity index (χ4v) is 1.57. The van der Waals surface area contributed by atoms with Crippen LogP contribution in [0.25, 0.3) is 5.69 Å². The van der Waals surface area contributed by atoms with E-state index >= 15 is 0 Å². The standard InChI is InChI=1S/C12H14ClN3/c1-2-14-9-11-7-8-16(15-11)12-5-3-10(13)4-6-12/h3-8,14H,2,9H2,1H3. The van der Waals surface area contributed by atoms with E-state index < -0.39 is 0 Å². The van der Waals surface area contributed by atoms with E-state index in [9.17, 15) is 0 Å². The van der Waals surface area contributed by atoms with E-state index in [1.807, 2.05) is 41.2 Å². The summed E-state index contributed by atoms with van der Waals surface area (Å²) in [5.74, 6) is 0. The maximum atomic E-state index is 5.83. The Bertz CT molecular complexity index is 448. The third kappa shape index (κ3) is 2.62. The summed E-state index contributed by atoms with van der Waals surface area (Å²) in [6.45, 7) is 3.83. The molecule has 2 rings (SSSR count). The molecular weight excluding hydrogens is 222 g/mol. The van der Waals surface area contributed by atoms with Gasteiger partial charge in [-0.1, -0.05) is 18.5 Å². The van der Waals surface area contributed by atoms with Crippen LogP contribution in [-0.4, -0.2) is 16.3 Å². The summed E-state index contributed by atoms with van der Waals surface area (Å²) in [7, 11) is 0. The quantitative estimate of drug-likeness (QED) is 0.883. The minimum atomic E-state index is 0.740. The average Bonchev–Trinajstić information content (AvgIpc) is 2.76. The van der Waals surface area contributed by atoms with Crippen molar-refractivity contribution in [1.82, 2.24) is 15.1 Å². The van der Waals surface area contributed by atoms with Gasteiger partial charge in [-0.2, -0.15) is 5.10 Å². The minimum Gasteiger partial charge on any atom is -0.311 e. The lowest BCUT2D eigenvalue weighted by molar-refractivity contribution is 0.696. The number of nitrogens with one attached hydrogen (secondary N) is 1. The topological polar surface area (TPSA) is 29.9 Å². The Labute approximate surface area is 100 Å². The van der Waals surface area contributed by atoms with E-state index in [-0.39, 0.29) is 0 Å². The lowest BCUT2D eigenvalue weighted by Crippen LogP contribution is -2.12. The molecule has 0 unspecified atom stereocenters. The third-order valence-electron chi connectivity index (χ3n) is 2.29. The number of rotatable bonds is 4. The monoisotopic (exact) mass is 235 g/mol. The van der Waals surface area contributed by atoms with Crippen LogP contribution in [0.15, 0.2) is 36.5 Å². The highest BCUT2D eigenvalue weighted by Crippen LogP contribution is 2.12. The summed E-state index contributed by atoms with van der Waals surface area (Å²) < 4.78 is 1.85. The first kappa shape index (κ1) is 11.2. The molecule has 0 aliphatic carbocycles. The van der Waals surface area contributed by atoms with Gasteiger partial charge >= 0.3 is 0 Å². The molecule has 0 bridgehead atoms. The van der Waals surface area contributed by atoms with Crippen molar-refractivity contribution in [1.29, 1.82) is 0 Å². The number of hydrogen-bond donors (Lipinski definition) is 1. The molecule has 0 atom stereocenters. The molecule has 0 fully saturated rings. The largest absolute Gasteiger partial charge is 0.311 e. The first-order valence-corrected chi connectivity index (χ1v) is 5.68. The number of nitrogens with zero attached hydrogens (tertiary/aromatic N) is 2. The van der Waals surface area contributed by atoms with Crippen molar-refractivity contribution < 1.29 is 0 Å². The first-order valence-electron chi connectivity index (χ1n) is 5.31. The van der Waals surface area contributed by atoms with Crippen molar-refractivity contribution in [3.05, 3.63) is 47.2 Å². The molecule has 0 radical (unpaired) electrons. The zero-order valence-corrected chi connectivity index (χ0v) is 9.91. The van der Waals surface area contributed by atoms with Crippen molar-refractivity contribution in [2.45, 2.75) is 13.5 Å². The van der Waals surface area contributed by atoms with Crippen molar-refractivity contribution in [2.24, 2.45) is 0 Å². The van der Waals surface area contributed by atoms with E-state index in [0.717, 1.165) is 29.5 Å². The van der Waals surface area contributed by atoms with Crippen LogP contribution in [0.5, 0.6) is 0 Å². The molecule has 2 aromatic rings. The second-order valence-electron chi connectivity index (χ2n) is 3.51. The van der Waals surface area contributed by atoms with E-state index in [1.54, 1.807) is 0 Å². The molecular formula is C12H14ClN3. The maximum Gasteiger partial charge on any atom is 0.0766 e. The summed E-state index contributed by atoms with van der Waals surface area (Å²) >= 11 is 5.83. The molecule has 0 aliphatic rings. The Morgan fingerprint density at radius 1 is 1.25 bits per heavy atom. The summed E-state index contributed by atoms with van der Waals surface area (Å²) in [5, 5.41) is 8.44. The van der Waals surface area contributed by atoms with Crippen molar-refractivity contribution in [2.75, 3.05) is 6.54 Å². The third-order valence-corrected chi connectivity index (χ3v) is 2.54. The van der Waals surface area contributed by atoms with Crippen LogP contribution in [0, 0.1) is 0 Å². The van der Waals surface area contributed by atoms with Gasteiger partial charge in [0, 0.05) is 17.8 Å². The molecule has 1 aromatic heterocycles. The zero-order valence-electron chi connectivity index (χ0n) is 9.15. The molecule has 0 saturated heterocycles. The smallest absolute Gasteiger partial charge is 0.0766 e. The molecule has 3 nitrogen and oxygen atoms in total. The first-order chi connectivity index (χ1) is 7.79. The van der Waals surface area contributed by atoms with Gasteiger partial charge < -0.3 is 5.32 Å². The highest BCUT2D eigenvalue weighted by atomic mass is 35.5. The molecule has 1 aromatic carbocycles. The summed E-state index contributed by atoms with van der Waals surface area (Å²) in [4.78, 5) is 0. The Balaban J connectivity index is 2.15. The fraction of sp³-hybridized carbons (Fsp3) is 0.250. The normalized spacial score (nSPS) is 10.6. The van der Waals surface area contributed by atoms with Crippen LogP contribution in [0.2, 0.25) is 5.02 Å². The van der Waals surface area contributed by atoms with Crippen LogP contribution >= 0.6 is 11.6 Å². The van der Waals surface area contributed by atoms with Crippen LogP contribution in [-0.2, 0) is 6.54 Å². The molecule has 0 saturated carbocycles. The van der Waals surface area contributed by atoms with Gasteiger partial charge in [0.15, 0.2) is 0 Å². The van der Waals surface area contributed by atoms with Gasteiger partial charge in [0.05, 0.1) is 11.4 Å². The second kappa shape index (κ2) is 5.14. The second-order valence-corrected chi connectivity index (χ2v) is 3.94. The number of aromatic nitrogens is 2. The molecule has 16 heavy (non-hydrogen) atoms. The molecule has 0 spiro atoms. The Morgan fingerprint density at radius 3 is 2.69 bits per heavy atom. The van der Waals surface area contributed by atoms with Crippen molar-refractivity contribution in [3.8, 4) is 5.69 Å². The lowest BCUT2D eigenvalue weighted by Gasteiger charge is -2.01. The van der Waals surface area contributed by atoms with Gasteiger partial charge in [0.1, 0.15) is 0 Å². The maximum absolute atomic E-state index is 5.83. The minimum absolute atomic E-state index is 0.740. The fourth-order valence-electron chi connectivity index (χ4n) is 1.45. The highest BCUT2D eigenvalue weighted by molar-refractivity contribution is 6.30. The zero-order chi connectivity index (χ0) is 11.4. The van der Waals surface area contributed by atoms with E-state index in [2.05, 4.69) is 17.3 Å². The highest BCUT2D eigenvalue weighted by Gasteiger charge is 2.00. The number of halogens is 1. The van der Waals surface area contributed by atoms with E-state index in [0.29, 0.717) is 0 Å². The van der Waals surface area contributed by atoms with Gasteiger partial charge in [0.2, 0.25) is 0 Å². The van der Waals surface area contributed by atoms with Crippen LogP contribution in [0.1, 0.15) is 12.6 Å². The van der Waals surface area contributed by atoms with Gasteiger partial charge in [-0.25, -0.2) is 4.68 Å². The van der Waals surface area contributed by atoms with E-state index in [4.69, 9.17) is 11.6 Å². The summed E-state index contributed by atoms with van der Waals surface area (Å²) in [5.41, 5.74) is 2.06. The van der Waals surface area contributed by atoms with E-state index in [1.165, 1.54) is 0 Å². The van der Waals surface area contributed by atoms with Crippen molar-refractivity contribution >= 4 is 11.6 Å². The Morgan fingerprint density at radius 2 is 2.00 bits per heavy atom. The molecule has 1 heterocycles. The molecule has 0 amide bonds. The van der Waals surface area contributed by atoms with Crippen molar-refractivity contribution in [3.63, 3.8) is 0 Å². The van der Waals surface area contributed by atoms with Crippen LogP contribution in [0.3, 0.4) is 0 Å². The number of benzene rings is 1. The Kier molecular flexibility index (Phi) is 3.59. The molecule has 1 N–H and O–H groups in total. The van der Waals surface area contributed by atoms with Gasteiger partial charge in [-0.3, -0.25) is 0 Å². The molecule has 4 heteroatoms. The molecule has 84 valence electrons. The number of hydrogen-bond acceptors (Lipinski definition) is 2. The SMILES string of the molecule is CCNCc1ccn(-c2ccc(Cl)cc2)n1. The van der Waals surface area contributed by atoms with Gasteiger partial charge in [-0.15, -0.1) is 0 Å². The van der Waals surface area contributed by atoms with Gasteiger partial charge in [-0.05, 0) is 36.9 Å². The lowest BCUT2D eigenvalue weighted by atomic mass is 10.3. The molecule has 0 aliphatic heterocycles. The van der Waals surface area contributed by atoms with Crippen LogP contribution < -0.4 is 5.32 Å². The predicted molar refractivity (Wildman–Crippen MR) is 66.0 cm³/mol. The Hall–Kier alpha value is -1.32. The predicted octanol–water partition coefficient (Wildman–Crippen LogP) is 2.64. The average molecular weight is 236 g/mol. The van der Waals surface area contributed by atoms with Gasteiger partial charge in [0.25, 0.3) is 0 Å².